The Hall–Kier alpha value is -1.18. The first-order valence-electron chi connectivity index (χ1n) is 6.27. The van der Waals surface area contributed by atoms with Gasteiger partial charge in [0.25, 0.3) is 0 Å². The van der Waals surface area contributed by atoms with E-state index in [9.17, 15) is 15.2 Å². The largest absolute Gasteiger partial charge is 0.388 e. The second kappa shape index (κ2) is 5.85. The van der Waals surface area contributed by atoms with Crippen LogP contribution in [0.3, 0.4) is 0 Å². The predicted octanol–water partition coefficient (Wildman–Crippen LogP) is 2.32. The molecule has 1 aromatic heterocycles. The van der Waals surface area contributed by atoms with Gasteiger partial charge in [-0.25, -0.2) is 0 Å². The summed E-state index contributed by atoms with van der Waals surface area (Å²) in [7, 11) is 1.69. The number of aliphatic hydroxyl groups is 1. The number of hydrogen-bond acceptors (Lipinski definition) is 6. The molecule has 1 aliphatic rings. The average molecular weight is 286 g/mol. The van der Waals surface area contributed by atoms with Crippen LogP contribution in [0.25, 0.3) is 0 Å². The second-order valence-corrected chi connectivity index (χ2v) is 5.76. The fraction of sp³-hybridized carbons (Fsp3) is 0.667. The van der Waals surface area contributed by atoms with Gasteiger partial charge in [0.2, 0.25) is 0 Å². The third-order valence-electron chi connectivity index (χ3n) is 3.38. The first kappa shape index (κ1) is 14.2. The number of aliphatic hydroxyl groups excluding tert-OH is 1. The normalized spacial score (nSPS) is 18.6. The highest BCUT2D eigenvalue weighted by Crippen LogP contribution is 2.41. The van der Waals surface area contributed by atoms with Gasteiger partial charge in [-0.05, 0) is 19.8 Å². The Morgan fingerprint density at radius 2 is 2.21 bits per heavy atom. The van der Waals surface area contributed by atoms with E-state index in [1.165, 1.54) is 17.4 Å². The summed E-state index contributed by atoms with van der Waals surface area (Å²) in [5.74, 6) is 0. The summed E-state index contributed by atoms with van der Waals surface area (Å²) < 4.78 is 5.30. The van der Waals surface area contributed by atoms with Gasteiger partial charge in [-0.2, -0.15) is 0 Å². The molecular weight excluding hydrogens is 268 g/mol. The number of nitro groups is 1. The maximum Gasteiger partial charge on any atom is 0.304 e. The standard InChI is InChI=1S/C12H18N2O4S/c1-8(15)11-7-10(14(16)17)12(19-11)13-5-3-9(18-2)4-6-13/h7-9,15H,3-6H2,1-2H3/t8-/m1/s1. The van der Waals surface area contributed by atoms with Crippen LogP contribution in [-0.4, -0.2) is 36.3 Å². The van der Waals surface area contributed by atoms with Crippen molar-refractivity contribution >= 4 is 22.0 Å². The molecule has 0 spiro atoms. The number of hydrogen-bond donors (Lipinski definition) is 1. The van der Waals surface area contributed by atoms with E-state index in [1.807, 2.05) is 4.90 Å². The Kier molecular flexibility index (Phi) is 4.38. The molecule has 0 aliphatic carbocycles. The van der Waals surface area contributed by atoms with Crippen molar-refractivity contribution in [2.75, 3.05) is 25.1 Å². The number of rotatable bonds is 4. The van der Waals surface area contributed by atoms with E-state index in [2.05, 4.69) is 0 Å². The lowest BCUT2D eigenvalue weighted by molar-refractivity contribution is -0.383. The quantitative estimate of drug-likeness (QED) is 0.679. The lowest BCUT2D eigenvalue weighted by atomic mass is 10.1. The van der Waals surface area contributed by atoms with Gasteiger partial charge in [0.1, 0.15) is 0 Å². The monoisotopic (exact) mass is 286 g/mol. The lowest BCUT2D eigenvalue weighted by Gasteiger charge is -2.31. The van der Waals surface area contributed by atoms with Crippen molar-refractivity contribution in [3.63, 3.8) is 0 Å². The zero-order valence-corrected chi connectivity index (χ0v) is 11.9. The first-order valence-corrected chi connectivity index (χ1v) is 7.08. The van der Waals surface area contributed by atoms with Crippen LogP contribution >= 0.6 is 11.3 Å². The summed E-state index contributed by atoms with van der Waals surface area (Å²) >= 11 is 1.30. The molecule has 0 radical (unpaired) electrons. The molecule has 0 saturated carbocycles. The molecule has 0 amide bonds. The van der Waals surface area contributed by atoms with Crippen molar-refractivity contribution in [2.45, 2.75) is 32.0 Å². The highest BCUT2D eigenvalue weighted by molar-refractivity contribution is 7.16. The molecule has 1 aliphatic heterocycles. The van der Waals surface area contributed by atoms with Gasteiger partial charge in [0, 0.05) is 31.1 Å². The average Bonchev–Trinajstić information content (AvgIpc) is 2.84. The molecule has 6 nitrogen and oxygen atoms in total. The van der Waals surface area contributed by atoms with Gasteiger partial charge in [0.15, 0.2) is 5.00 Å². The summed E-state index contributed by atoms with van der Waals surface area (Å²) in [6, 6.07) is 1.48. The molecule has 0 unspecified atom stereocenters. The summed E-state index contributed by atoms with van der Waals surface area (Å²) in [4.78, 5) is 13.4. The Labute approximate surface area is 115 Å². The van der Waals surface area contributed by atoms with Gasteiger partial charge in [0.05, 0.1) is 17.1 Å². The van der Waals surface area contributed by atoms with E-state index in [1.54, 1.807) is 14.0 Å². The Bertz CT molecular complexity index is 453. The molecule has 2 rings (SSSR count). The van der Waals surface area contributed by atoms with Gasteiger partial charge >= 0.3 is 5.69 Å². The van der Waals surface area contributed by atoms with Crippen LogP contribution in [0.5, 0.6) is 0 Å². The van der Waals surface area contributed by atoms with E-state index < -0.39 is 6.10 Å². The van der Waals surface area contributed by atoms with Crippen LogP contribution in [0.2, 0.25) is 0 Å². The number of ether oxygens (including phenoxy) is 1. The smallest absolute Gasteiger partial charge is 0.304 e. The molecule has 1 atom stereocenters. The minimum Gasteiger partial charge on any atom is -0.388 e. The Morgan fingerprint density at radius 3 is 2.68 bits per heavy atom. The zero-order chi connectivity index (χ0) is 14.0. The molecule has 106 valence electrons. The van der Waals surface area contributed by atoms with E-state index in [4.69, 9.17) is 4.74 Å². The maximum atomic E-state index is 11.1. The minimum atomic E-state index is -0.672. The Morgan fingerprint density at radius 1 is 1.58 bits per heavy atom. The predicted molar refractivity (Wildman–Crippen MR) is 73.9 cm³/mol. The number of thiophene rings is 1. The molecule has 19 heavy (non-hydrogen) atoms. The molecule has 1 saturated heterocycles. The third-order valence-corrected chi connectivity index (χ3v) is 4.74. The summed E-state index contributed by atoms with van der Waals surface area (Å²) in [6.45, 7) is 3.12. The van der Waals surface area contributed by atoms with Crippen LogP contribution < -0.4 is 4.90 Å². The third kappa shape index (κ3) is 3.05. The summed E-state index contributed by atoms with van der Waals surface area (Å²) in [5, 5.41) is 21.3. The molecular formula is C12H18N2O4S. The van der Waals surface area contributed by atoms with Crippen molar-refractivity contribution in [3.8, 4) is 0 Å². The van der Waals surface area contributed by atoms with Crippen molar-refractivity contribution in [3.05, 3.63) is 21.1 Å². The van der Waals surface area contributed by atoms with Crippen LogP contribution in [0.1, 0.15) is 30.7 Å². The topological polar surface area (TPSA) is 75.8 Å². The molecule has 0 aromatic carbocycles. The van der Waals surface area contributed by atoms with Gasteiger partial charge in [-0.3, -0.25) is 10.1 Å². The molecule has 7 heteroatoms. The summed E-state index contributed by atoms with van der Waals surface area (Å²) in [6.07, 6.45) is 1.31. The Balaban J connectivity index is 2.21. The van der Waals surface area contributed by atoms with E-state index in [-0.39, 0.29) is 16.7 Å². The molecule has 0 bridgehead atoms. The van der Waals surface area contributed by atoms with E-state index >= 15 is 0 Å². The fourth-order valence-electron chi connectivity index (χ4n) is 2.25. The highest BCUT2D eigenvalue weighted by Gasteiger charge is 2.28. The zero-order valence-electron chi connectivity index (χ0n) is 11.0. The fourth-order valence-corrected chi connectivity index (χ4v) is 3.36. The van der Waals surface area contributed by atoms with E-state index in [0.717, 1.165) is 25.9 Å². The van der Waals surface area contributed by atoms with Gasteiger partial charge in [-0.15, -0.1) is 11.3 Å². The number of methoxy groups -OCH3 is 1. The van der Waals surface area contributed by atoms with Crippen molar-refractivity contribution in [1.82, 2.24) is 0 Å². The second-order valence-electron chi connectivity index (χ2n) is 4.69. The maximum absolute atomic E-state index is 11.1. The number of nitrogens with zero attached hydrogens (tertiary/aromatic N) is 2. The van der Waals surface area contributed by atoms with Crippen LogP contribution in [-0.2, 0) is 4.74 Å². The molecule has 1 fully saturated rings. The van der Waals surface area contributed by atoms with Crippen molar-refractivity contribution in [1.29, 1.82) is 0 Å². The lowest BCUT2D eigenvalue weighted by Crippen LogP contribution is -2.36. The van der Waals surface area contributed by atoms with Gasteiger partial charge in [-0.1, -0.05) is 0 Å². The molecule has 1 aromatic rings. The van der Waals surface area contributed by atoms with E-state index in [0.29, 0.717) is 9.88 Å². The number of piperidine rings is 1. The van der Waals surface area contributed by atoms with Crippen molar-refractivity contribution < 1.29 is 14.8 Å². The van der Waals surface area contributed by atoms with Gasteiger partial charge < -0.3 is 14.7 Å². The molecule has 2 heterocycles. The highest BCUT2D eigenvalue weighted by atomic mass is 32.1. The molecule has 1 N–H and O–H groups in total. The SMILES string of the molecule is COC1CCN(c2sc([C@@H](C)O)cc2[N+](=O)[O-])CC1. The first-order chi connectivity index (χ1) is 9.02. The number of anilines is 1. The minimum absolute atomic E-state index is 0.0942. The van der Waals surface area contributed by atoms with Crippen LogP contribution in [0, 0.1) is 10.1 Å². The van der Waals surface area contributed by atoms with Crippen LogP contribution in [0.15, 0.2) is 6.07 Å². The summed E-state index contributed by atoms with van der Waals surface area (Å²) in [5.41, 5.74) is 0.0942. The van der Waals surface area contributed by atoms with Crippen LogP contribution in [0.4, 0.5) is 10.7 Å². The van der Waals surface area contributed by atoms with Crippen molar-refractivity contribution in [2.24, 2.45) is 0 Å².